The van der Waals surface area contributed by atoms with E-state index in [-0.39, 0.29) is 0 Å². The Labute approximate surface area is 130 Å². The van der Waals surface area contributed by atoms with Gasteiger partial charge in [-0.15, -0.1) is 0 Å². The fourth-order valence-corrected chi connectivity index (χ4v) is 3.24. The number of benzene rings is 1. The highest BCUT2D eigenvalue weighted by Gasteiger charge is 2.18. The number of hydrogen-bond donors (Lipinski definition) is 1. The van der Waals surface area contributed by atoms with Crippen molar-refractivity contribution in [1.82, 2.24) is 14.9 Å². The number of anilines is 1. The number of aromatic nitrogens is 2. The average molecular weight is 305 g/mol. The summed E-state index contributed by atoms with van der Waals surface area (Å²) >= 11 is 6.00. The van der Waals surface area contributed by atoms with Crippen LogP contribution in [0, 0.1) is 0 Å². The van der Waals surface area contributed by atoms with Gasteiger partial charge in [-0.2, -0.15) is 0 Å². The lowest BCUT2D eigenvalue weighted by Crippen LogP contribution is -2.33. The molecule has 0 atom stereocenters. The molecule has 0 aliphatic heterocycles. The van der Waals surface area contributed by atoms with Crippen molar-refractivity contribution < 1.29 is 0 Å². The van der Waals surface area contributed by atoms with Gasteiger partial charge in [-0.25, -0.2) is 9.97 Å². The van der Waals surface area contributed by atoms with Crippen molar-refractivity contribution in [3.05, 3.63) is 29.5 Å². The van der Waals surface area contributed by atoms with Crippen molar-refractivity contribution >= 4 is 28.3 Å². The molecule has 1 N–H and O–H groups in total. The van der Waals surface area contributed by atoms with Crippen LogP contribution < -0.4 is 5.32 Å². The summed E-state index contributed by atoms with van der Waals surface area (Å²) in [6.07, 6.45) is 5.40. The van der Waals surface area contributed by atoms with Gasteiger partial charge >= 0.3 is 0 Å². The molecule has 1 aromatic heterocycles. The molecule has 21 heavy (non-hydrogen) atoms. The van der Waals surface area contributed by atoms with E-state index in [2.05, 4.69) is 27.2 Å². The van der Waals surface area contributed by atoms with Gasteiger partial charge in [0.25, 0.3) is 0 Å². The molecule has 1 fully saturated rings. The first kappa shape index (κ1) is 14.5. The van der Waals surface area contributed by atoms with Crippen molar-refractivity contribution in [1.29, 1.82) is 0 Å². The van der Waals surface area contributed by atoms with Crippen LogP contribution in [0.3, 0.4) is 0 Å². The second-order valence-corrected chi connectivity index (χ2v) is 6.04. The molecule has 0 unspecified atom stereocenters. The second-order valence-electron chi connectivity index (χ2n) is 5.70. The summed E-state index contributed by atoms with van der Waals surface area (Å²) in [4.78, 5) is 11.0. The number of nitrogens with one attached hydrogen (secondary N) is 1. The summed E-state index contributed by atoms with van der Waals surface area (Å²) in [5.74, 6) is 0.824. The van der Waals surface area contributed by atoms with Gasteiger partial charge in [-0.1, -0.05) is 25.0 Å². The topological polar surface area (TPSA) is 41.0 Å². The molecule has 112 valence electrons. The summed E-state index contributed by atoms with van der Waals surface area (Å²) in [6.45, 7) is 1.88. The third-order valence-electron chi connectivity index (χ3n) is 4.28. The third kappa shape index (κ3) is 3.44. The molecule has 0 amide bonds. The monoisotopic (exact) mass is 304 g/mol. The Hall–Kier alpha value is -1.39. The molecular weight excluding hydrogens is 284 g/mol. The predicted molar refractivity (Wildman–Crippen MR) is 87.9 cm³/mol. The maximum atomic E-state index is 6.00. The fourth-order valence-electron chi connectivity index (χ4n) is 3.06. The lowest BCUT2D eigenvalue weighted by molar-refractivity contribution is 0.254. The van der Waals surface area contributed by atoms with E-state index in [0.29, 0.717) is 5.28 Å². The Kier molecular flexibility index (Phi) is 4.56. The van der Waals surface area contributed by atoms with Gasteiger partial charge < -0.3 is 10.2 Å². The van der Waals surface area contributed by atoms with E-state index >= 15 is 0 Å². The zero-order valence-electron chi connectivity index (χ0n) is 12.3. The van der Waals surface area contributed by atoms with E-state index in [1.807, 2.05) is 24.3 Å². The van der Waals surface area contributed by atoms with Crippen LogP contribution in [0.4, 0.5) is 5.82 Å². The first-order valence-electron chi connectivity index (χ1n) is 7.60. The van der Waals surface area contributed by atoms with Gasteiger partial charge in [0.15, 0.2) is 0 Å². The van der Waals surface area contributed by atoms with Crippen molar-refractivity contribution in [2.75, 3.05) is 25.5 Å². The second kappa shape index (κ2) is 6.58. The van der Waals surface area contributed by atoms with Gasteiger partial charge in [0.05, 0.1) is 5.52 Å². The number of fused-ring (bicyclic) bond motifs is 1. The zero-order valence-corrected chi connectivity index (χ0v) is 13.1. The molecule has 3 rings (SSSR count). The van der Waals surface area contributed by atoms with Crippen LogP contribution in [0.5, 0.6) is 0 Å². The van der Waals surface area contributed by atoms with E-state index in [4.69, 9.17) is 11.6 Å². The van der Waals surface area contributed by atoms with Crippen molar-refractivity contribution in [2.45, 2.75) is 31.7 Å². The summed E-state index contributed by atoms with van der Waals surface area (Å²) in [5, 5.41) is 4.72. The van der Waals surface area contributed by atoms with Gasteiger partial charge in [-0.05, 0) is 43.6 Å². The number of hydrogen-bond acceptors (Lipinski definition) is 4. The molecule has 4 nitrogen and oxygen atoms in total. The summed E-state index contributed by atoms with van der Waals surface area (Å²) < 4.78 is 0. The van der Waals surface area contributed by atoms with E-state index in [1.165, 1.54) is 25.7 Å². The summed E-state index contributed by atoms with van der Waals surface area (Å²) in [6, 6.07) is 8.68. The van der Waals surface area contributed by atoms with Gasteiger partial charge in [0, 0.05) is 24.5 Å². The third-order valence-corrected chi connectivity index (χ3v) is 4.45. The Morgan fingerprint density at radius 2 is 2.00 bits per heavy atom. The first-order chi connectivity index (χ1) is 10.2. The fraction of sp³-hybridized carbons (Fsp3) is 0.500. The minimum Gasteiger partial charge on any atom is -0.368 e. The quantitative estimate of drug-likeness (QED) is 0.857. The van der Waals surface area contributed by atoms with E-state index in [0.717, 1.165) is 35.9 Å². The molecular formula is C16H21ClN4. The summed E-state index contributed by atoms with van der Waals surface area (Å²) in [5.41, 5.74) is 0.879. The molecule has 1 heterocycles. The number of rotatable bonds is 5. The molecule has 0 radical (unpaired) electrons. The average Bonchev–Trinajstić information content (AvgIpc) is 3.01. The molecule has 2 aromatic rings. The molecule has 0 spiro atoms. The summed E-state index contributed by atoms with van der Waals surface area (Å²) in [7, 11) is 2.21. The zero-order chi connectivity index (χ0) is 14.7. The van der Waals surface area contributed by atoms with E-state index in [1.54, 1.807) is 0 Å². The van der Waals surface area contributed by atoms with Crippen LogP contribution in [0.1, 0.15) is 25.7 Å². The molecule has 0 saturated heterocycles. The SMILES string of the molecule is CN(CCNc1nc(Cl)nc2ccccc12)C1CCCC1. The molecule has 1 saturated carbocycles. The van der Waals surface area contributed by atoms with Gasteiger partial charge in [-0.3, -0.25) is 0 Å². The molecule has 5 heteroatoms. The van der Waals surface area contributed by atoms with Crippen LogP contribution in [0.15, 0.2) is 24.3 Å². The lowest BCUT2D eigenvalue weighted by atomic mass is 10.2. The molecule has 1 aliphatic carbocycles. The van der Waals surface area contributed by atoms with Crippen LogP contribution in [-0.2, 0) is 0 Å². The van der Waals surface area contributed by atoms with Gasteiger partial charge in [0.2, 0.25) is 5.28 Å². The highest BCUT2D eigenvalue weighted by molar-refractivity contribution is 6.28. The molecule has 0 bridgehead atoms. The number of nitrogens with zero attached hydrogens (tertiary/aromatic N) is 3. The van der Waals surface area contributed by atoms with Crippen LogP contribution >= 0.6 is 11.6 Å². The Morgan fingerprint density at radius 3 is 2.81 bits per heavy atom. The number of para-hydroxylation sites is 1. The van der Waals surface area contributed by atoms with E-state index in [9.17, 15) is 0 Å². The van der Waals surface area contributed by atoms with Crippen molar-refractivity contribution in [3.8, 4) is 0 Å². The highest BCUT2D eigenvalue weighted by atomic mass is 35.5. The predicted octanol–water partition coefficient (Wildman–Crippen LogP) is 3.57. The number of halogens is 1. The Bertz CT molecular complexity index is 610. The Balaban J connectivity index is 1.65. The highest BCUT2D eigenvalue weighted by Crippen LogP contribution is 2.23. The van der Waals surface area contributed by atoms with Crippen LogP contribution in [0.2, 0.25) is 5.28 Å². The minimum absolute atomic E-state index is 0.292. The standard InChI is InChI=1S/C16H21ClN4/c1-21(12-6-2-3-7-12)11-10-18-15-13-8-4-5-9-14(13)19-16(17)20-15/h4-5,8-9,12H,2-3,6-7,10-11H2,1H3,(H,18,19,20). The first-order valence-corrected chi connectivity index (χ1v) is 7.98. The maximum absolute atomic E-state index is 6.00. The number of likely N-dealkylation sites (N-methyl/N-ethyl adjacent to an activating group) is 1. The molecule has 1 aromatic carbocycles. The largest absolute Gasteiger partial charge is 0.368 e. The van der Waals surface area contributed by atoms with Crippen LogP contribution in [-0.4, -0.2) is 41.0 Å². The lowest BCUT2D eigenvalue weighted by Gasteiger charge is -2.24. The minimum atomic E-state index is 0.292. The van der Waals surface area contributed by atoms with Crippen LogP contribution in [0.25, 0.3) is 10.9 Å². The van der Waals surface area contributed by atoms with Crippen molar-refractivity contribution in [3.63, 3.8) is 0 Å². The van der Waals surface area contributed by atoms with Crippen molar-refractivity contribution in [2.24, 2.45) is 0 Å². The van der Waals surface area contributed by atoms with E-state index < -0.39 is 0 Å². The normalized spacial score (nSPS) is 16.0. The smallest absolute Gasteiger partial charge is 0.224 e. The molecule has 1 aliphatic rings. The van der Waals surface area contributed by atoms with Gasteiger partial charge in [0.1, 0.15) is 5.82 Å². The Morgan fingerprint density at radius 1 is 1.24 bits per heavy atom. The maximum Gasteiger partial charge on any atom is 0.224 e.